The summed E-state index contributed by atoms with van der Waals surface area (Å²) in [5, 5.41) is 7.43. The molecule has 72 valence electrons. The number of rotatable bonds is 1. The Morgan fingerprint density at radius 3 is 2.71 bits per heavy atom. The molecule has 0 aliphatic rings. The molecule has 0 atom stereocenters. The van der Waals surface area contributed by atoms with Crippen molar-refractivity contribution < 1.29 is 4.42 Å². The van der Waals surface area contributed by atoms with Gasteiger partial charge in [0.05, 0.1) is 5.56 Å². The molecule has 2 rings (SSSR count). The monoisotopic (exact) mass is 272 g/mol. The molecule has 0 fully saturated rings. The molecule has 0 saturated carbocycles. The molecule has 0 bridgehead atoms. The topological polar surface area (TPSA) is 38.9 Å². The van der Waals surface area contributed by atoms with Gasteiger partial charge >= 0.3 is 5.35 Å². The molecule has 0 unspecified atom stereocenters. The van der Waals surface area contributed by atoms with Crippen LogP contribution in [-0.2, 0) is 0 Å². The Hall–Kier alpha value is -0.870. The number of aromatic nitrogens is 2. The third kappa shape index (κ3) is 1.81. The van der Waals surface area contributed by atoms with Gasteiger partial charge in [0.15, 0.2) is 0 Å². The zero-order valence-electron chi connectivity index (χ0n) is 7.29. The van der Waals surface area contributed by atoms with Gasteiger partial charge in [-0.05, 0) is 52.2 Å². The lowest BCUT2D eigenvalue weighted by Crippen LogP contribution is -1.81. The van der Waals surface area contributed by atoms with Crippen molar-refractivity contribution in [2.24, 2.45) is 0 Å². The molecular formula is C9H6BrClN2O. The Morgan fingerprint density at radius 1 is 1.36 bits per heavy atom. The second-order valence-corrected chi connectivity index (χ2v) is 4.02. The molecule has 2 aromatic rings. The van der Waals surface area contributed by atoms with Gasteiger partial charge in [-0.25, -0.2) is 0 Å². The quantitative estimate of drug-likeness (QED) is 0.798. The third-order valence-electron chi connectivity index (χ3n) is 1.76. The van der Waals surface area contributed by atoms with Crippen LogP contribution in [0.15, 0.2) is 27.1 Å². The largest absolute Gasteiger partial charge is 0.407 e. The van der Waals surface area contributed by atoms with Crippen molar-refractivity contribution in [2.75, 3.05) is 0 Å². The molecule has 0 N–H and O–H groups in total. The molecule has 0 aliphatic carbocycles. The number of hydrogen-bond donors (Lipinski definition) is 0. The van der Waals surface area contributed by atoms with Crippen LogP contribution in [0.25, 0.3) is 11.5 Å². The van der Waals surface area contributed by atoms with Gasteiger partial charge in [0, 0.05) is 4.47 Å². The molecule has 1 heterocycles. The highest BCUT2D eigenvalue weighted by Gasteiger charge is 2.09. The number of aryl methyl sites for hydroxylation is 1. The molecular weight excluding hydrogens is 267 g/mol. The van der Waals surface area contributed by atoms with E-state index in [2.05, 4.69) is 26.1 Å². The Morgan fingerprint density at radius 2 is 2.14 bits per heavy atom. The first-order valence-corrected chi connectivity index (χ1v) is 5.09. The van der Waals surface area contributed by atoms with Crippen LogP contribution in [0, 0.1) is 6.92 Å². The maximum Gasteiger partial charge on any atom is 0.313 e. The summed E-state index contributed by atoms with van der Waals surface area (Å²) in [6, 6.07) is 5.86. The van der Waals surface area contributed by atoms with Crippen LogP contribution in [0.5, 0.6) is 0 Å². The van der Waals surface area contributed by atoms with Crippen molar-refractivity contribution in [3.63, 3.8) is 0 Å². The summed E-state index contributed by atoms with van der Waals surface area (Å²) in [6.07, 6.45) is 0. The van der Waals surface area contributed by atoms with Crippen molar-refractivity contribution in [1.29, 1.82) is 0 Å². The summed E-state index contributed by atoms with van der Waals surface area (Å²) in [6.45, 7) is 2.01. The van der Waals surface area contributed by atoms with Crippen molar-refractivity contribution in [1.82, 2.24) is 10.2 Å². The number of halogens is 2. The second kappa shape index (κ2) is 3.71. The highest BCUT2D eigenvalue weighted by Crippen LogP contribution is 2.28. The normalized spacial score (nSPS) is 10.5. The Bertz CT molecular complexity index is 470. The zero-order valence-corrected chi connectivity index (χ0v) is 9.63. The molecule has 1 aromatic carbocycles. The van der Waals surface area contributed by atoms with Crippen LogP contribution in [0.4, 0.5) is 0 Å². The Balaban J connectivity index is 2.52. The summed E-state index contributed by atoms with van der Waals surface area (Å²) in [5.74, 6) is 0.418. The van der Waals surface area contributed by atoms with Gasteiger partial charge in [-0.1, -0.05) is 11.2 Å². The lowest BCUT2D eigenvalue weighted by atomic mass is 10.1. The van der Waals surface area contributed by atoms with Crippen LogP contribution in [-0.4, -0.2) is 10.2 Å². The Kier molecular flexibility index (Phi) is 2.56. The fraction of sp³-hybridized carbons (Fsp3) is 0.111. The fourth-order valence-corrected chi connectivity index (χ4v) is 1.88. The van der Waals surface area contributed by atoms with E-state index < -0.39 is 0 Å². The van der Waals surface area contributed by atoms with E-state index in [1.54, 1.807) is 0 Å². The summed E-state index contributed by atoms with van der Waals surface area (Å²) in [7, 11) is 0. The molecule has 1 aromatic heterocycles. The van der Waals surface area contributed by atoms with Gasteiger partial charge < -0.3 is 4.42 Å². The first kappa shape index (κ1) is 9.68. The standard InChI is InChI=1S/C9H6BrClN2O/c1-5-2-3-6(7(10)4-5)8-12-13-9(11)14-8/h2-4H,1H3. The van der Waals surface area contributed by atoms with Crippen molar-refractivity contribution in [3.8, 4) is 11.5 Å². The van der Waals surface area contributed by atoms with Gasteiger partial charge in [0.2, 0.25) is 5.89 Å². The van der Waals surface area contributed by atoms with E-state index in [9.17, 15) is 0 Å². The summed E-state index contributed by atoms with van der Waals surface area (Å²) in [5.41, 5.74) is 2.00. The number of nitrogens with zero attached hydrogens (tertiary/aromatic N) is 2. The molecule has 14 heavy (non-hydrogen) atoms. The van der Waals surface area contributed by atoms with Crippen molar-refractivity contribution in [3.05, 3.63) is 33.6 Å². The minimum Gasteiger partial charge on any atom is -0.407 e. The molecule has 0 saturated heterocycles. The minimum absolute atomic E-state index is 0.0486. The van der Waals surface area contributed by atoms with E-state index >= 15 is 0 Å². The smallest absolute Gasteiger partial charge is 0.313 e. The molecule has 5 heteroatoms. The van der Waals surface area contributed by atoms with Gasteiger partial charge in [-0.3, -0.25) is 0 Å². The van der Waals surface area contributed by atoms with Gasteiger partial charge in [0.1, 0.15) is 0 Å². The highest BCUT2D eigenvalue weighted by atomic mass is 79.9. The summed E-state index contributed by atoms with van der Waals surface area (Å²) in [4.78, 5) is 0. The molecule has 0 spiro atoms. The first-order valence-electron chi connectivity index (χ1n) is 3.92. The van der Waals surface area contributed by atoms with Gasteiger partial charge in [-0.2, -0.15) is 0 Å². The summed E-state index contributed by atoms with van der Waals surface area (Å²) < 4.78 is 6.02. The second-order valence-electron chi connectivity index (χ2n) is 2.84. The van der Waals surface area contributed by atoms with Crippen molar-refractivity contribution >= 4 is 27.5 Å². The van der Waals surface area contributed by atoms with Crippen LogP contribution in [0.1, 0.15) is 5.56 Å². The van der Waals surface area contributed by atoms with Gasteiger partial charge in [0.25, 0.3) is 0 Å². The lowest BCUT2D eigenvalue weighted by molar-refractivity contribution is 0.570. The van der Waals surface area contributed by atoms with Crippen molar-refractivity contribution in [2.45, 2.75) is 6.92 Å². The SMILES string of the molecule is Cc1ccc(-c2nnc(Cl)o2)c(Br)c1. The highest BCUT2D eigenvalue weighted by molar-refractivity contribution is 9.10. The van der Waals surface area contributed by atoms with Crippen LogP contribution >= 0.6 is 27.5 Å². The lowest BCUT2D eigenvalue weighted by Gasteiger charge is -1.99. The van der Waals surface area contributed by atoms with E-state index in [0.29, 0.717) is 5.89 Å². The zero-order chi connectivity index (χ0) is 10.1. The van der Waals surface area contributed by atoms with E-state index in [-0.39, 0.29) is 5.35 Å². The summed E-state index contributed by atoms with van der Waals surface area (Å²) >= 11 is 8.96. The molecule has 3 nitrogen and oxygen atoms in total. The number of hydrogen-bond acceptors (Lipinski definition) is 3. The van der Waals surface area contributed by atoms with Crippen LogP contribution < -0.4 is 0 Å². The predicted molar refractivity (Wildman–Crippen MR) is 57.2 cm³/mol. The first-order chi connectivity index (χ1) is 6.66. The van der Waals surface area contributed by atoms with Crippen LogP contribution in [0.2, 0.25) is 5.35 Å². The predicted octanol–water partition coefficient (Wildman–Crippen LogP) is 3.46. The average molecular weight is 274 g/mol. The van der Waals surface area contributed by atoms with E-state index in [4.69, 9.17) is 16.0 Å². The van der Waals surface area contributed by atoms with Crippen LogP contribution in [0.3, 0.4) is 0 Å². The molecule has 0 amide bonds. The van der Waals surface area contributed by atoms with E-state index in [1.165, 1.54) is 0 Å². The fourth-order valence-electron chi connectivity index (χ4n) is 1.11. The molecule has 0 aliphatic heterocycles. The van der Waals surface area contributed by atoms with E-state index in [1.807, 2.05) is 25.1 Å². The maximum atomic E-state index is 5.54. The Labute approximate surface area is 94.2 Å². The third-order valence-corrected chi connectivity index (χ3v) is 2.56. The maximum absolute atomic E-state index is 5.54. The average Bonchev–Trinajstić information content (AvgIpc) is 2.51. The molecule has 0 radical (unpaired) electrons. The van der Waals surface area contributed by atoms with Gasteiger partial charge in [-0.15, -0.1) is 5.10 Å². The number of benzene rings is 1. The van der Waals surface area contributed by atoms with E-state index in [0.717, 1.165) is 15.6 Å². The minimum atomic E-state index is 0.0486.